The third-order valence-corrected chi connectivity index (χ3v) is 6.10. The molecule has 0 radical (unpaired) electrons. The van der Waals surface area contributed by atoms with E-state index in [0.29, 0.717) is 12.6 Å². The van der Waals surface area contributed by atoms with Gasteiger partial charge in [0.05, 0.1) is 27.2 Å². The number of nitro groups is 1. The van der Waals surface area contributed by atoms with Gasteiger partial charge in [0, 0.05) is 12.5 Å². The molecule has 128 valence electrons. The summed E-state index contributed by atoms with van der Waals surface area (Å²) in [4.78, 5) is 17.3. The minimum atomic E-state index is -0.272. The Kier molecular flexibility index (Phi) is 4.46. The highest BCUT2D eigenvalue weighted by atomic mass is 32.1. The van der Waals surface area contributed by atoms with Crippen molar-refractivity contribution in [3.63, 3.8) is 0 Å². The molecule has 0 amide bonds. The van der Waals surface area contributed by atoms with Crippen molar-refractivity contribution in [2.75, 3.05) is 6.54 Å². The molecule has 2 atom stereocenters. The molecule has 1 fully saturated rings. The fraction of sp³-hybridized carbons (Fsp3) is 0.316. The molecule has 0 bridgehead atoms. The van der Waals surface area contributed by atoms with E-state index >= 15 is 0 Å². The fourth-order valence-corrected chi connectivity index (χ4v) is 4.87. The van der Waals surface area contributed by atoms with Crippen molar-refractivity contribution in [2.45, 2.75) is 31.8 Å². The Morgan fingerprint density at radius 2 is 1.96 bits per heavy atom. The third-order valence-electron chi connectivity index (χ3n) is 4.95. The number of hydrogen-bond donors (Lipinski definition) is 1. The largest absolute Gasteiger partial charge is 0.323 e. The van der Waals surface area contributed by atoms with Crippen molar-refractivity contribution in [1.82, 2.24) is 4.98 Å². The van der Waals surface area contributed by atoms with Gasteiger partial charge in [-0.1, -0.05) is 24.3 Å². The summed E-state index contributed by atoms with van der Waals surface area (Å²) in [6.07, 6.45) is 3.45. The number of para-hydroxylation sites is 2. The summed E-state index contributed by atoms with van der Waals surface area (Å²) < 4.78 is 1.22. The maximum absolute atomic E-state index is 11.3. The van der Waals surface area contributed by atoms with Gasteiger partial charge in [-0.3, -0.25) is 10.1 Å². The minimum Gasteiger partial charge on any atom is -0.323 e. The molecule has 0 aliphatic carbocycles. The van der Waals surface area contributed by atoms with Crippen LogP contribution in [0.5, 0.6) is 0 Å². The van der Waals surface area contributed by atoms with Crippen molar-refractivity contribution in [1.29, 1.82) is 0 Å². The first kappa shape index (κ1) is 16.2. The molecule has 1 unspecified atom stereocenters. The van der Waals surface area contributed by atoms with Crippen LogP contribution in [0.2, 0.25) is 0 Å². The molecule has 1 aliphatic rings. The first-order valence-corrected chi connectivity index (χ1v) is 9.46. The van der Waals surface area contributed by atoms with Gasteiger partial charge < -0.3 is 4.90 Å². The highest BCUT2D eigenvalue weighted by Gasteiger charge is 2.32. The molecule has 5 nitrogen and oxygen atoms in total. The average molecular weight is 354 g/mol. The summed E-state index contributed by atoms with van der Waals surface area (Å²) in [5.41, 5.74) is 2.09. The SMILES string of the molecule is O=[N+]([O-])c1ccccc1C[NH+]1CCCC[C@@H]1c1nc2ccccc2s1. The molecular formula is C19H20N3O2S+. The second-order valence-corrected chi connectivity index (χ2v) is 7.60. The van der Waals surface area contributed by atoms with Crippen LogP contribution in [0.25, 0.3) is 10.2 Å². The Balaban J connectivity index is 1.64. The number of nitro benzene ring substituents is 1. The number of rotatable bonds is 4. The quantitative estimate of drug-likeness (QED) is 0.576. The second-order valence-electron chi connectivity index (χ2n) is 6.54. The monoisotopic (exact) mass is 354 g/mol. The zero-order valence-electron chi connectivity index (χ0n) is 13.9. The lowest BCUT2D eigenvalue weighted by Crippen LogP contribution is -3.11. The van der Waals surface area contributed by atoms with E-state index in [0.717, 1.165) is 35.5 Å². The van der Waals surface area contributed by atoms with E-state index in [1.807, 2.05) is 24.3 Å². The van der Waals surface area contributed by atoms with Gasteiger partial charge in [0.15, 0.2) is 5.01 Å². The molecular weight excluding hydrogens is 334 g/mol. The van der Waals surface area contributed by atoms with E-state index in [1.54, 1.807) is 23.5 Å². The molecule has 1 N–H and O–H groups in total. The molecule has 0 saturated carbocycles. The van der Waals surface area contributed by atoms with Gasteiger partial charge in [0.1, 0.15) is 12.6 Å². The number of benzene rings is 2. The van der Waals surface area contributed by atoms with Crippen LogP contribution in [0.4, 0.5) is 5.69 Å². The normalized spacial score (nSPS) is 20.6. The smallest absolute Gasteiger partial charge is 0.278 e. The van der Waals surface area contributed by atoms with Gasteiger partial charge in [-0.15, -0.1) is 11.3 Å². The Hall–Kier alpha value is -2.31. The van der Waals surface area contributed by atoms with Crippen LogP contribution in [-0.4, -0.2) is 16.5 Å². The summed E-state index contributed by atoms with van der Waals surface area (Å²) in [7, 11) is 0. The summed E-state index contributed by atoms with van der Waals surface area (Å²) >= 11 is 1.76. The molecule has 1 saturated heterocycles. The first-order valence-electron chi connectivity index (χ1n) is 8.65. The predicted molar refractivity (Wildman–Crippen MR) is 98.8 cm³/mol. The van der Waals surface area contributed by atoms with E-state index < -0.39 is 0 Å². The van der Waals surface area contributed by atoms with E-state index in [9.17, 15) is 10.1 Å². The van der Waals surface area contributed by atoms with Crippen molar-refractivity contribution < 1.29 is 9.82 Å². The lowest BCUT2D eigenvalue weighted by molar-refractivity contribution is -0.950. The first-order chi connectivity index (χ1) is 12.2. The molecule has 4 rings (SSSR count). The van der Waals surface area contributed by atoms with Crippen LogP contribution < -0.4 is 4.90 Å². The maximum Gasteiger partial charge on any atom is 0.278 e. The van der Waals surface area contributed by atoms with Crippen LogP contribution in [0.1, 0.15) is 35.9 Å². The van der Waals surface area contributed by atoms with Gasteiger partial charge in [0.25, 0.3) is 5.69 Å². The van der Waals surface area contributed by atoms with E-state index in [4.69, 9.17) is 4.98 Å². The molecule has 2 heterocycles. The van der Waals surface area contributed by atoms with Crippen molar-refractivity contribution in [3.8, 4) is 0 Å². The topological polar surface area (TPSA) is 60.5 Å². The highest BCUT2D eigenvalue weighted by molar-refractivity contribution is 7.18. The predicted octanol–water partition coefficient (Wildman–Crippen LogP) is 3.51. The zero-order chi connectivity index (χ0) is 17.2. The van der Waals surface area contributed by atoms with Gasteiger partial charge >= 0.3 is 0 Å². The van der Waals surface area contributed by atoms with Crippen LogP contribution in [-0.2, 0) is 6.54 Å². The average Bonchev–Trinajstić information content (AvgIpc) is 3.06. The summed E-state index contributed by atoms with van der Waals surface area (Å²) in [5, 5.41) is 12.5. The van der Waals surface area contributed by atoms with E-state index in [-0.39, 0.29) is 10.6 Å². The van der Waals surface area contributed by atoms with E-state index in [1.165, 1.54) is 16.0 Å². The number of piperidine rings is 1. The highest BCUT2D eigenvalue weighted by Crippen LogP contribution is 2.29. The number of nitrogens with zero attached hydrogens (tertiary/aromatic N) is 2. The molecule has 1 aliphatic heterocycles. The molecule has 3 aromatic rings. The number of thiazole rings is 1. The molecule has 0 spiro atoms. The summed E-state index contributed by atoms with van der Waals surface area (Å²) in [6, 6.07) is 15.7. The molecule has 6 heteroatoms. The molecule has 25 heavy (non-hydrogen) atoms. The second kappa shape index (κ2) is 6.90. The Bertz CT molecular complexity index is 875. The summed E-state index contributed by atoms with van der Waals surface area (Å²) in [5.74, 6) is 0. The number of likely N-dealkylation sites (tertiary alicyclic amines) is 1. The number of hydrogen-bond acceptors (Lipinski definition) is 4. The van der Waals surface area contributed by atoms with Crippen molar-refractivity contribution in [3.05, 3.63) is 69.2 Å². The van der Waals surface area contributed by atoms with Gasteiger partial charge in [0.2, 0.25) is 0 Å². The molecule has 1 aromatic heterocycles. The van der Waals surface area contributed by atoms with Gasteiger partial charge in [-0.2, -0.15) is 0 Å². The number of aromatic nitrogens is 1. The van der Waals surface area contributed by atoms with Crippen LogP contribution in [0, 0.1) is 10.1 Å². The molecule has 2 aromatic carbocycles. The standard InChI is InChI=1S/C19H19N3O2S/c23-22(24)16-9-3-1-7-14(16)13-21-12-6-5-10-17(21)19-20-15-8-2-4-11-18(15)25-19/h1-4,7-9,11,17H,5-6,10,12-13H2/p+1/t17-/m1/s1. The number of quaternary nitrogens is 1. The lowest BCUT2D eigenvalue weighted by atomic mass is 10.0. The van der Waals surface area contributed by atoms with Crippen molar-refractivity contribution in [2.24, 2.45) is 0 Å². The summed E-state index contributed by atoms with van der Waals surface area (Å²) in [6.45, 7) is 1.71. The zero-order valence-corrected chi connectivity index (χ0v) is 14.7. The van der Waals surface area contributed by atoms with Crippen LogP contribution in [0.15, 0.2) is 48.5 Å². The van der Waals surface area contributed by atoms with E-state index in [2.05, 4.69) is 12.1 Å². The van der Waals surface area contributed by atoms with Gasteiger partial charge in [-0.25, -0.2) is 4.98 Å². The fourth-order valence-electron chi connectivity index (χ4n) is 3.71. The minimum absolute atomic E-state index is 0.226. The van der Waals surface area contributed by atoms with Crippen LogP contribution in [0.3, 0.4) is 0 Å². The number of fused-ring (bicyclic) bond motifs is 1. The Morgan fingerprint density at radius 3 is 2.80 bits per heavy atom. The van der Waals surface area contributed by atoms with Crippen LogP contribution >= 0.6 is 11.3 Å². The third kappa shape index (κ3) is 3.27. The Morgan fingerprint density at radius 1 is 1.16 bits per heavy atom. The number of nitrogens with one attached hydrogen (secondary N) is 1. The maximum atomic E-state index is 11.3. The van der Waals surface area contributed by atoms with Crippen molar-refractivity contribution >= 4 is 27.2 Å². The lowest BCUT2D eigenvalue weighted by Gasteiger charge is -2.31. The Labute approximate surface area is 150 Å². The van der Waals surface area contributed by atoms with Gasteiger partial charge in [-0.05, 0) is 31.0 Å².